The Morgan fingerprint density at radius 2 is 1.68 bits per heavy atom. The molecule has 1 N–H and O–H groups in total. The number of fused-ring (bicyclic) bond motifs is 1. The van der Waals surface area contributed by atoms with Crippen LogP contribution < -0.4 is 5.32 Å². The quantitative estimate of drug-likeness (QED) is 0.386. The van der Waals surface area contributed by atoms with Gasteiger partial charge in [0, 0.05) is 13.6 Å². The molecule has 0 fully saturated rings. The number of benzene rings is 3. The molecule has 3 aromatic rings. The Balaban J connectivity index is 2.04. The van der Waals surface area contributed by atoms with Crippen LogP contribution in [0.2, 0.25) is 0 Å². The highest BCUT2D eigenvalue weighted by molar-refractivity contribution is 14.1. The molecule has 0 aliphatic heterocycles. The lowest BCUT2D eigenvalue weighted by Crippen LogP contribution is -2.17. The van der Waals surface area contributed by atoms with Gasteiger partial charge in [0.1, 0.15) is 0 Å². The maximum absolute atomic E-state index is 13.2. The average Bonchev–Trinajstić information content (AvgIpc) is 2.55. The standard InChI is InChI=1S/C18H10BrF3INO/c19-15-6-2-3-11-12(15)4-1-5-13(11)17(25)24-16-8-7-10(23)9-14(16)18(20,21)22/h1-9H,(H,24,25). The van der Waals surface area contributed by atoms with E-state index in [4.69, 9.17) is 0 Å². The van der Waals surface area contributed by atoms with Crippen LogP contribution in [0.3, 0.4) is 0 Å². The predicted octanol–water partition coefficient (Wildman–Crippen LogP) is 6.48. The van der Waals surface area contributed by atoms with Crippen LogP contribution in [0.25, 0.3) is 10.8 Å². The van der Waals surface area contributed by atoms with Crippen molar-refractivity contribution in [1.29, 1.82) is 0 Å². The minimum atomic E-state index is -4.55. The van der Waals surface area contributed by atoms with E-state index < -0.39 is 17.6 Å². The SMILES string of the molecule is O=C(Nc1ccc(I)cc1C(F)(F)F)c1cccc2c(Br)cccc12. The van der Waals surface area contributed by atoms with Gasteiger partial charge in [-0.25, -0.2) is 0 Å². The fraction of sp³-hybridized carbons (Fsp3) is 0.0556. The average molecular weight is 520 g/mol. The second kappa shape index (κ2) is 6.95. The van der Waals surface area contributed by atoms with E-state index in [9.17, 15) is 18.0 Å². The zero-order valence-corrected chi connectivity index (χ0v) is 16.2. The first kappa shape index (κ1) is 18.2. The Bertz CT molecular complexity index is 972. The van der Waals surface area contributed by atoms with Crippen molar-refractivity contribution in [3.8, 4) is 0 Å². The first-order valence-corrected chi connectivity index (χ1v) is 9.00. The van der Waals surface area contributed by atoms with Gasteiger partial charge in [-0.15, -0.1) is 0 Å². The van der Waals surface area contributed by atoms with E-state index in [1.165, 1.54) is 12.1 Å². The number of hydrogen-bond donors (Lipinski definition) is 1. The molecule has 1 amide bonds. The third-order valence-electron chi connectivity index (χ3n) is 3.65. The van der Waals surface area contributed by atoms with Crippen LogP contribution in [0, 0.1) is 3.57 Å². The lowest BCUT2D eigenvalue weighted by Gasteiger charge is -2.15. The summed E-state index contributed by atoms with van der Waals surface area (Å²) in [4.78, 5) is 12.6. The van der Waals surface area contributed by atoms with Crippen LogP contribution in [-0.4, -0.2) is 5.91 Å². The Kier molecular flexibility index (Phi) is 5.06. The van der Waals surface area contributed by atoms with Crippen LogP contribution in [0.4, 0.5) is 18.9 Å². The van der Waals surface area contributed by atoms with Gasteiger partial charge in [-0.05, 0) is 63.7 Å². The summed E-state index contributed by atoms with van der Waals surface area (Å²) < 4.78 is 40.9. The summed E-state index contributed by atoms with van der Waals surface area (Å²) in [5, 5.41) is 3.87. The number of carbonyl (C=O) groups is 1. The number of amides is 1. The smallest absolute Gasteiger partial charge is 0.321 e. The molecule has 3 aromatic carbocycles. The van der Waals surface area contributed by atoms with Gasteiger partial charge < -0.3 is 5.32 Å². The molecule has 2 nitrogen and oxygen atoms in total. The molecule has 0 radical (unpaired) electrons. The van der Waals surface area contributed by atoms with E-state index in [0.29, 0.717) is 14.5 Å². The number of hydrogen-bond acceptors (Lipinski definition) is 1. The van der Waals surface area contributed by atoms with Crippen molar-refractivity contribution >= 4 is 60.9 Å². The molecule has 0 saturated carbocycles. The van der Waals surface area contributed by atoms with Gasteiger partial charge in [-0.2, -0.15) is 13.2 Å². The fourth-order valence-corrected chi connectivity index (χ4v) is 3.51. The summed E-state index contributed by atoms with van der Waals surface area (Å²) in [7, 11) is 0. The number of alkyl halides is 3. The van der Waals surface area contributed by atoms with Crippen molar-refractivity contribution in [3.05, 3.63) is 73.8 Å². The molecule has 0 heterocycles. The molecule has 3 rings (SSSR count). The monoisotopic (exact) mass is 519 g/mol. The van der Waals surface area contributed by atoms with Crippen molar-refractivity contribution in [1.82, 2.24) is 0 Å². The topological polar surface area (TPSA) is 29.1 Å². The van der Waals surface area contributed by atoms with E-state index in [-0.39, 0.29) is 5.69 Å². The fourth-order valence-electron chi connectivity index (χ4n) is 2.52. The molecule has 0 aromatic heterocycles. The van der Waals surface area contributed by atoms with Crippen molar-refractivity contribution in [2.75, 3.05) is 5.32 Å². The van der Waals surface area contributed by atoms with Crippen molar-refractivity contribution in [2.45, 2.75) is 6.18 Å². The normalized spacial score (nSPS) is 11.6. The van der Waals surface area contributed by atoms with Gasteiger partial charge in [0.15, 0.2) is 0 Å². The summed E-state index contributed by atoms with van der Waals surface area (Å²) in [5.41, 5.74) is -0.815. The maximum Gasteiger partial charge on any atom is 0.418 e. The second-order valence-electron chi connectivity index (χ2n) is 5.28. The number of halogens is 5. The van der Waals surface area contributed by atoms with Crippen molar-refractivity contribution in [3.63, 3.8) is 0 Å². The maximum atomic E-state index is 13.2. The third kappa shape index (κ3) is 3.82. The van der Waals surface area contributed by atoms with Crippen LogP contribution in [0.5, 0.6) is 0 Å². The van der Waals surface area contributed by atoms with E-state index in [2.05, 4.69) is 21.2 Å². The van der Waals surface area contributed by atoms with Gasteiger partial charge in [0.2, 0.25) is 0 Å². The molecule has 128 valence electrons. The number of carbonyl (C=O) groups excluding carboxylic acids is 1. The molecule has 0 spiro atoms. The molecule has 7 heteroatoms. The minimum Gasteiger partial charge on any atom is -0.321 e. The highest BCUT2D eigenvalue weighted by Gasteiger charge is 2.34. The molecule has 0 aliphatic rings. The van der Waals surface area contributed by atoms with E-state index in [0.717, 1.165) is 15.9 Å². The molecule has 0 unspecified atom stereocenters. The van der Waals surface area contributed by atoms with Gasteiger partial charge in [-0.3, -0.25) is 4.79 Å². The minimum absolute atomic E-state index is 0.259. The number of nitrogens with one attached hydrogen (secondary N) is 1. The lowest BCUT2D eigenvalue weighted by molar-refractivity contribution is -0.137. The van der Waals surface area contributed by atoms with Crippen molar-refractivity contribution < 1.29 is 18.0 Å². The third-order valence-corrected chi connectivity index (χ3v) is 5.01. The summed E-state index contributed by atoms with van der Waals surface area (Å²) in [6, 6.07) is 14.3. The van der Waals surface area contributed by atoms with Gasteiger partial charge in [0.05, 0.1) is 11.3 Å². The predicted molar refractivity (Wildman–Crippen MR) is 104 cm³/mol. The van der Waals surface area contributed by atoms with E-state index >= 15 is 0 Å². The molecular formula is C18H10BrF3INO. The summed E-state index contributed by atoms with van der Waals surface area (Å²) in [6.07, 6.45) is -4.55. The second-order valence-corrected chi connectivity index (χ2v) is 7.38. The number of anilines is 1. The van der Waals surface area contributed by atoms with Crippen LogP contribution in [0.1, 0.15) is 15.9 Å². The molecule has 0 aliphatic carbocycles. The zero-order chi connectivity index (χ0) is 18.2. The summed E-state index contributed by atoms with van der Waals surface area (Å²) in [5.74, 6) is -0.588. The van der Waals surface area contributed by atoms with Crippen LogP contribution >= 0.6 is 38.5 Å². The first-order valence-electron chi connectivity index (χ1n) is 7.13. The van der Waals surface area contributed by atoms with Gasteiger partial charge >= 0.3 is 6.18 Å². The summed E-state index contributed by atoms with van der Waals surface area (Å²) in [6.45, 7) is 0. The summed E-state index contributed by atoms with van der Waals surface area (Å²) >= 11 is 5.22. The van der Waals surface area contributed by atoms with E-state index in [1.807, 2.05) is 12.1 Å². The zero-order valence-electron chi connectivity index (χ0n) is 12.5. The van der Waals surface area contributed by atoms with Crippen LogP contribution in [-0.2, 0) is 6.18 Å². The highest BCUT2D eigenvalue weighted by Crippen LogP contribution is 2.36. The first-order chi connectivity index (χ1) is 11.8. The Morgan fingerprint density at radius 1 is 1.00 bits per heavy atom. The van der Waals surface area contributed by atoms with Gasteiger partial charge in [-0.1, -0.05) is 40.2 Å². The van der Waals surface area contributed by atoms with Crippen molar-refractivity contribution in [2.24, 2.45) is 0 Å². The van der Waals surface area contributed by atoms with E-state index in [1.54, 1.807) is 46.9 Å². The largest absolute Gasteiger partial charge is 0.418 e. The van der Waals surface area contributed by atoms with Crippen LogP contribution in [0.15, 0.2) is 59.1 Å². The molecule has 0 atom stereocenters. The number of rotatable bonds is 2. The molecule has 25 heavy (non-hydrogen) atoms. The molecule has 0 saturated heterocycles. The Hall–Kier alpha value is -1.61. The highest BCUT2D eigenvalue weighted by atomic mass is 127. The molecular weight excluding hydrogens is 510 g/mol. The molecule has 0 bridgehead atoms. The lowest BCUT2D eigenvalue weighted by atomic mass is 10.0. The Morgan fingerprint density at radius 3 is 2.40 bits per heavy atom. The Labute approximate surface area is 163 Å². The van der Waals surface area contributed by atoms with Gasteiger partial charge in [0.25, 0.3) is 5.91 Å².